The third-order valence-electron chi connectivity index (χ3n) is 8.88. The molecule has 0 aromatic carbocycles. The number of carbonyl (C=O) groups excluding carboxylic acids is 4. The number of hydrogen-bond acceptors (Lipinski definition) is 5. The van der Waals surface area contributed by atoms with Gasteiger partial charge in [-0.15, -0.1) is 0 Å². The molecule has 4 fully saturated rings. The zero-order valence-corrected chi connectivity index (χ0v) is 20.7. The minimum atomic E-state index is -5.12. The van der Waals surface area contributed by atoms with Gasteiger partial charge < -0.3 is 15.5 Å². The van der Waals surface area contributed by atoms with Gasteiger partial charge in [0.1, 0.15) is 23.9 Å². The molecule has 1 aliphatic heterocycles. The Morgan fingerprint density at radius 1 is 1.22 bits per heavy atom. The average Bonchev–Trinajstić information content (AvgIpc) is 3.07. The number of fused-ring (bicyclic) bond motifs is 1. The molecule has 0 aromatic rings. The number of rotatable bonds is 7. The number of alkyl halides is 3. The zero-order chi connectivity index (χ0) is 26.6. The number of ketones is 1. The van der Waals surface area contributed by atoms with Crippen LogP contribution in [0.2, 0.25) is 0 Å². The number of nitrogens with zero attached hydrogens (tertiary/aromatic N) is 2. The Morgan fingerprint density at radius 2 is 1.89 bits per heavy atom. The van der Waals surface area contributed by atoms with E-state index in [4.69, 9.17) is 0 Å². The van der Waals surface area contributed by atoms with Gasteiger partial charge in [0.05, 0.1) is 6.07 Å². The summed E-state index contributed by atoms with van der Waals surface area (Å²) in [6.45, 7) is 6.11. The lowest BCUT2D eigenvalue weighted by molar-refractivity contribution is -0.176. The van der Waals surface area contributed by atoms with E-state index in [0.29, 0.717) is 25.7 Å². The lowest BCUT2D eigenvalue weighted by atomic mass is 9.79. The van der Waals surface area contributed by atoms with Gasteiger partial charge in [-0.25, -0.2) is 0 Å². The molecule has 2 unspecified atom stereocenters. The van der Waals surface area contributed by atoms with Crippen LogP contribution in [0.15, 0.2) is 0 Å². The molecule has 0 spiro atoms. The van der Waals surface area contributed by atoms with Crippen LogP contribution in [0.1, 0.15) is 59.3 Å². The normalized spacial score (nSPS) is 32.6. The maximum Gasteiger partial charge on any atom is 0.471 e. The Kier molecular flexibility index (Phi) is 6.86. The predicted molar refractivity (Wildman–Crippen MR) is 121 cm³/mol. The largest absolute Gasteiger partial charge is 0.471 e. The van der Waals surface area contributed by atoms with E-state index in [1.54, 1.807) is 0 Å². The van der Waals surface area contributed by atoms with Crippen LogP contribution in [-0.2, 0) is 19.2 Å². The van der Waals surface area contributed by atoms with Crippen LogP contribution in [0.25, 0.3) is 0 Å². The van der Waals surface area contributed by atoms with E-state index >= 15 is 0 Å². The molecule has 198 valence electrons. The molecule has 0 aromatic heterocycles. The maximum absolute atomic E-state index is 13.5. The van der Waals surface area contributed by atoms with E-state index in [1.807, 2.05) is 32.2 Å². The number of Topliss-reactive ketones (excluding diaryl/α,β-unsaturated/α-hetero) is 1. The van der Waals surface area contributed by atoms with Crippen LogP contribution in [0.3, 0.4) is 0 Å². The van der Waals surface area contributed by atoms with E-state index < -0.39 is 47.9 Å². The van der Waals surface area contributed by atoms with E-state index in [-0.39, 0.29) is 47.8 Å². The highest BCUT2D eigenvalue weighted by Gasteiger charge is 2.69. The van der Waals surface area contributed by atoms with Gasteiger partial charge in [-0.3, -0.25) is 19.2 Å². The van der Waals surface area contributed by atoms with Crippen LogP contribution in [0.5, 0.6) is 0 Å². The van der Waals surface area contributed by atoms with Gasteiger partial charge in [0.15, 0.2) is 0 Å². The fourth-order valence-corrected chi connectivity index (χ4v) is 6.49. The number of halogens is 3. The number of likely N-dealkylation sites (tertiary alicyclic amines) is 1. The number of piperidine rings is 1. The van der Waals surface area contributed by atoms with E-state index in [9.17, 15) is 37.6 Å². The van der Waals surface area contributed by atoms with Crippen LogP contribution in [-0.4, -0.2) is 59.3 Å². The summed E-state index contributed by atoms with van der Waals surface area (Å²) in [7, 11) is 0. The highest BCUT2D eigenvalue weighted by molar-refractivity contribution is 5.94. The first kappa shape index (κ1) is 26.4. The third kappa shape index (κ3) is 4.83. The molecule has 1 saturated heterocycles. The summed E-state index contributed by atoms with van der Waals surface area (Å²) in [6, 6.07) is -1.17. The van der Waals surface area contributed by atoms with Crippen molar-refractivity contribution in [2.24, 2.45) is 35.0 Å². The molecule has 3 amide bonds. The van der Waals surface area contributed by atoms with Crippen LogP contribution in [0.4, 0.5) is 13.2 Å². The molecule has 1 heterocycles. The lowest BCUT2D eigenvalue weighted by Crippen LogP contribution is -2.60. The summed E-state index contributed by atoms with van der Waals surface area (Å²) in [5, 5.41) is 14.2. The molecular formula is C25H33F3N4O4. The number of hydrogen-bond donors (Lipinski definition) is 2. The average molecular weight is 511 g/mol. The zero-order valence-electron chi connectivity index (χ0n) is 20.7. The molecular weight excluding hydrogens is 477 g/mol. The second kappa shape index (κ2) is 9.34. The van der Waals surface area contributed by atoms with E-state index in [1.165, 1.54) is 4.90 Å². The smallest absolute Gasteiger partial charge is 0.339 e. The molecule has 8 nitrogen and oxygen atoms in total. The van der Waals surface area contributed by atoms with E-state index in [2.05, 4.69) is 5.32 Å². The first-order chi connectivity index (χ1) is 16.8. The van der Waals surface area contributed by atoms with Gasteiger partial charge >= 0.3 is 12.1 Å². The Bertz CT molecular complexity index is 987. The van der Waals surface area contributed by atoms with Crippen molar-refractivity contribution < 1.29 is 32.3 Å². The van der Waals surface area contributed by atoms with Gasteiger partial charge in [0.25, 0.3) is 0 Å². The summed E-state index contributed by atoms with van der Waals surface area (Å²) in [6.07, 6.45) is -2.05. The molecule has 2 N–H and O–H groups in total. The van der Waals surface area contributed by atoms with Gasteiger partial charge in [-0.1, -0.05) is 27.2 Å². The molecule has 3 saturated carbocycles. The third-order valence-corrected chi connectivity index (χ3v) is 8.88. The fourth-order valence-electron chi connectivity index (χ4n) is 6.49. The number of nitriles is 1. The first-order valence-electron chi connectivity index (χ1n) is 12.7. The predicted octanol–water partition coefficient (Wildman–Crippen LogP) is 2.33. The second-order valence-corrected chi connectivity index (χ2v) is 11.7. The monoisotopic (exact) mass is 510 g/mol. The van der Waals surface area contributed by atoms with Gasteiger partial charge in [0, 0.05) is 18.9 Å². The van der Waals surface area contributed by atoms with Crippen LogP contribution in [0, 0.1) is 46.3 Å². The SMILES string of the molecule is CC1CC(=O)[C@H](C[C@@H](C#N)NC(=O)[C@@H]2[C@@H]3[C@H](CN2C(=O)C(NC(=O)C(F)(F)F)C2CCC2)C3(C)C)C1. The Morgan fingerprint density at radius 3 is 2.39 bits per heavy atom. The maximum atomic E-state index is 13.5. The van der Waals surface area contributed by atoms with Crippen molar-refractivity contribution in [2.75, 3.05) is 6.54 Å². The van der Waals surface area contributed by atoms with Gasteiger partial charge in [-0.2, -0.15) is 18.4 Å². The van der Waals surface area contributed by atoms with Crippen molar-refractivity contribution in [3.8, 4) is 6.07 Å². The Balaban J connectivity index is 1.50. The van der Waals surface area contributed by atoms with Crippen molar-refractivity contribution in [1.82, 2.24) is 15.5 Å². The summed E-state index contributed by atoms with van der Waals surface area (Å²) >= 11 is 0. The van der Waals surface area contributed by atoms with Crippen molar-refractivity contribution >= 4 is 23.5 Å². The molecule has 11 heteroatoms. The van der Waals surface area contributed by atoms with Crippen LogP contribution < -0.4 is 10.6 Å². The minimum Gasteiger partial charge on any atom is -0.339 e. The molecule has 36 heavy (non-hydrogen) atoms. The van der Waals surface area contributed by atoms with Crippen molar-refractivity contribution in [1.29, 1.82) is 5.26 Å². The quantitative estimate of drug-likeness (QED) is 0.545. The highest BCUT2D eigenvalue weighted by atomic mass is 19.4. The summed E-state index contributed by atoms with van der Waals surface area (Å²) < 4.78 is 38.9. The minimum absolute atomic E-state index is 0.00430. The van der Waals surface area contributed by atoms with E-state index in [0.717, 1.165) is 6.42 Å². The fraction of sp³-hybridized carbons (Fsp3) is 0.800. The Labute approximate surface area is 208 Å². The highest BCUT2D eigenvalue weighted by Crippen LogP contribution is 2.65. The first-order valence-corrected chi connectivity index (χ1v) is 12.7. The summed E-state index contributed by atoms with van der Waals surface area (Å²) in [4.78, 5) is 52.1. The molecule has 7 atom stereocenters. The van der Waals surface area contributed by atoms with Crippen LogP contribution >= 0.6 is 0 Å². The molecule has 4 rings (SSSR count). The topological polar surface area (TPSA) is 119 Å². The number of carbonyl (C=O) groups is 4. The number of nitrogens with one attached hydrogen (secondary N) is 2. The van der Waals surface area contributed by atoms with Crippen molar-refractivity contribution in [3.05, 3.63) is 0 Å². The summed E-state index contributed by atoms with van der Waals surface area (Å²) in [5.74, 6) is -4.03. The van der Waals surface area contributed by atoms with Crippen molar-refractivity contribution in [3.63, 3.8) is 0 Å². The molecule has 0 radical (unpaired) electrons. The van der Waals surface area contributed by atoms with Crippen molar-refractivity contribution in [2.45, 2.75) is 83.6 Å². The molecule has 3 aliphatic carbocycles. The van der Waals surface area contributed by atoms with Gasteiger partial charge in [0.2, 0.25) is 11.8 Å². The van der Waals surface area contributed by atoms with Gasteiger partial charge in [-0.05, 0) is 54.8 Å². The molecule has 4 aliphatic rings. The second-order valence-electron chi connectivity index (χ2n) is 11.7. The molecule has 0 bridgehead atoms. The lowest BCUT2D eigenvalue weighted by Gasteiger charge is -2.38. The standard InChI is InChI=1S/C25H33F3N4O4/c1-12-7-14(17(33)8-12)9-15(10-29)30-21(34)20-18-16(24(18,2)3)11-32(20)22(35)19(13-5-4-6-13)31-23(36)25(26,27)28/h12-16,18-20H,4-9,11H2,1-3H3,(H,30,34)(H,31,36)/t12?,14-,15-,16-,18-,19?,20-/m0/s1. The summed E-state index contributed by atoms with van der Waals surface area (Å²) in [5.41, 5.74) is -0.237. The number of amides is 3. The Hall–Kier alpha value is -2.64.